The Balaban J connectivity index is 1.92. The smallest absolute Gasteiger partial charge is 0.0670 e. The lowest BCUT2D eigenvalue weighted by molar-refractivity contribution is 0.529. The van der Waals surface area contributed by atoms with Gasteiger partial charge in [-0.15, -0.1) is 0 Å². The molecule has 0 saturated heterocycles. The van der Waals surface area contributed by atoms with E-state index in [0.717, 1.165) is 24.1 Å². The zero-order valence-electron chi connectivity index (χ0n) is 12.1. The molecule has 21 heavy (non-hydrogen) atoms. The number of halogens is 2. The molecule has 1 aliphatic rings. The topological polar surface area (TPSA) is 12.0 Å². The molecule has 1 N–H and O–H groups in total. The molecular formula is C18H19Cl2N. The van der Waals surface area contributed by atoms with Crippen molar-refractivity contribution in [2.75, 3.05) is 6.54 Å². The van der Waals surface area contributed by atoms with Crippen LogP contribution in [0.2, 0.25) is 10.0 Å². The van der Waals surface area contributed by atoms with Crippen LogP contribution in [0.4, 0.5) is 0 Å². The molecule has 1 unspecified atom stereocenters. The molecule has 0 saturated carbocycles. The number of hydrogen-bond acceptors (Lipinski definition) is 1. The molecular weight excluding hydrogens is 301 g/mol. The van der Waals surface area contributed by atoms with Gasteiger partial charge < -0.3 is 5.32 Å². The largest absolute Gasteiger partial charge is 0.310 e. The summed E-state index contributed by atoms with van der Waals surface area (Å²) >= 11 is 12.5. The molecule has 1 aliphatic carbocycles. The minimum atomic E-state index is 0.504. The highest BCUT2D eigenvalue weighted by Crippen LogP contribution is 2.38. The van der Waals surface area contributed by atoms with Crippen molar-refractivity contribution in [2.24, 2.45) is 0 Å². The van der Waals surface area contributed by atoms with Crippen LogP contribution in [0.1, 0.15) is 36.9 Å². The van der Waals surface area contributed by atoms with Crippen molar-refractivity contribution < 1.29 is 0 Å². The molecule has 0 heterocycles. The van der Waals surface area contributed by atoms with Gasteiger partial charge in [0.05, 0.1) is 10.0 Å². The molecule has 0 bridgehead atoms. The molecule has 0 aromatic heterocycles. The zero-order chi connectivity index (χ0) is 14.8. The van der Waals surface area contributed by atoms with Gasteiger partial charge in [-0.25, -0.2) is 0 Å². The summed E-state index contributed by atoms with van der Waals surface area (Å²) in [6.45, 7) is 3.28. The highest BCUT2D eigenvalue weighted by atomic mass is 35.5. The predicted octanol–water partition coefficient (Wildman–Crippen LogP) is 5.65. The first-order valence-corrected chi connectivity index (χ1v) is 8.27. The maximum Gasteiger partial charge on any atom is 0.0670 e. The van der Waals surface area contributed by atoms with Gasteiger partial charge in [0, 0.05) is 11.6 Å². The summed E-state index contributed by atoms with van der Waals surface area (Å²) in [7, 11) is 0. The van der Waals surface area contributed by atoms with E-state index >= 15 is 0 Å². The van der Waals surface area contributed by atoms with Gasteiger partial charge in [0.25, 0.3) is 0 Å². The molecule has 3 heteroatoms. The van der Waals surface area contributed by atoms with Crippen LogP contribution in [0.25, 0.3) is 11.1 Å². The summed E-state index contributed by atoms with van der Waals surface area (Å²) in [5.41, 5.74) is 5.02. The SMILES string of the molecule is CCCNC1CCc2cc(-c3cccc(Cl)c3Cl)ccc21. The van der Waals surface area contributed by atoms with Crippen LogP contribution in [0.15, 0.2) is 36.4 Å². The first-order chi connectivity index (χ1) is 10.2. The molecule has 0 fully saturated rings. The van der Waals surface area contributed by atoms with Gasteiger partial charge in [-0.3, -0.25) is 0 Å². The second kappa shape index (κ2) is 6.39. The second-order valence-electron chi connectivity index (χ2n) is 5.56. The molecule has 0 radical (unpaired) electrons. The van der Waals surface area contributed by atoms with E-state index in [0.29, 0.717) is 16.1 Å². The molecule has 3 rings (SSSR count). The van der Waals surface area contributed by atoms with Crippen molar-refractivity contribution >= 4 is 23.2 Å². The Kier molecular flexibility index (Phi) is 4.54. The summed E-state index contributed by atoms with van der Waals surface area (Å²) in [4.78, 5) is 0. The molecule has 110 valence electrons. The first kappa shape index (κ1) is 14.9. The van der Waals surface area contributed by atoms with Crippen LogP contribution in [0, 0.1) is 0 Å². The fourth-order valence-corrected chi connectivity index (χ4v) is 3.45. The van der Waals surface area contributed by atoms with Crippen molar-refractivity contribution in [1.29, 1.82) is 0 Å². The van der Waals surface area contributed by atoms with E-state index in [-0.39, 0.29) is 0 Å². The third-order valence-corrected chi connectivity index (χ3v) is 4.94. The van der Waals surface area contributed by atoms with Crippen molar-refractivity contribution in [1.82, 2.24) is 5.32 Å². The fourth-order valence-electron chi connectivity index (χ4n) is 3.04. The van der Waals surface area contributed by atoms with Crippen molar-refractivity contribution in [3.8, 4) is 11.1 Å². The highest BCUT2D eigenvalue weighted by Gasteiger charge is 2.22. The second-order valence-corrected chi connectivity index (χ2v) is 6.35. The van der Waals surface area contributed by atoms with Crippen LogP contribution in [-0.2, 0) is 6.42 Å². The average molecular weight is 320 g/mol. The van der Waals surface area contributed by atoms with Crippen molar-refractivity contribution in [2.45, 2.75) is 32.2 Å². The van der Waals surface area contributed by atoms with Gasteiger partial charge in [0.1, 0.15) is 0 Å². The van der Waals surface area contributed by atoms with E-state index in [2.05, 4.69) is 30.4 Å². The molecule has 0 aliphatic heterocycles. The summed E-state index contributed by atoms with van der Waals surface area (Å²) in [5, 5.41) is 4.87. The Morgan fingerprint density at radius 1 is 1.19 bits per heavy atom. The van der Waals surface area contributed by atoms with Crippen LogP contribution in [0.5, 0.6) is 0 Å². The van der Waals surface area contributed by atoms with E-state index in [4.69, 9.17) is 23.2 Å². The molecule has 0 spiro atoms. The van der Waals surface area contributed by atoms with Gasteiger partial charge >= 0.3 is 0 Å². The summed E-state index contributed by atoms with van der Waals surface area (Å²) in [5.74, 6) is 0. The van der Waals surface area contributed by atoms with E-state index in [9.17, 15) is 0 Å². The van der Waals surface area contributed by atoms with Gasteiger partial charge in [-0.2, -0.15) is 0 Å². The average Bonchev–Trinajstić information content (AvgIpc) is 2.90. The zero-order valence-corrected chi connectivity index (χ0v) is 13.6. The number of fused-ring (bicyclic) bond motifs is 1. The lowest BCUT2D eigenvalue weighted by atomic mass is 9.99. The lowest BCUT2D eigenvalue weighted by Gasteiger charge is -2.14. The van der Waals surface area contributed by atoms with E-state index in [1.54, 1.807) is 0 Å². The summed E-state index contributed by atoms with van der Waals surface area (Å²) < 4.78 is 0. The predicted molar refractivity (Wildman–Crippen MR) is 91.3 cm³/mol. The van der Waals surface area contributed by atoms with Crippen molar-refractivity contribution in [3.05, 3.63) is 57.6 Å². The Hall–Kier alpha value is -1.02. The van der Waals surface area contributed by atoms with E-state index in [1.165, 1.54) is 24.0 Å². The standard InChI is InChI=1S/C18H19Cl2N/c1-2-10-21-17-9-7-12-11-13(6-8-14(12)17)15-4-3-5-16(19)18(15)20/h3-6,8,11,17,21H,2,7,9-10H2,1H3. The third kappa shape index (κ3) is 2.96. The van der Waals surface area contributed by atoms with Crippen LogP contribution in [0.3, 0.4) is 0 Å². The number of nitrogens with one attached hydrogen (secondary N) is 1. The minimum Gasteiger partial charge on any atom is -0.310 e. The Labute approximate surface area is 136 Å². The Bertz CT molecular complexity index is 652. The molecule has 0 amide bonds. The third-order valence-electron chi connectivity index (χ3n) is 4.12. The van der Waals surface area contributed by atoms with Gasteiger partial charge in [0.15, 0.2) is 0 Å². The van der Waals surface area contributed by atoms with Crippen LogP contribution in [-0.4, -0.2) is 6.54 Å². The van der Waals surface area contributed by atoms with E-state index in [1.807, 2.05) is 18.2 Å². The number of rotatable bonds is 4. The number of hydrogen-bond donors (Lipinski definition) is 1. The van der Waals surface area contributed by atoms with Crippen LogP contribution < -0.4 is 5.32 Å². The first-order valence-electron chi connectivity index (χ1n) is 7.51. The fraction of sp³-hybridized carbons (Fsp3) is 0.333. The summed E-state index contributed by atoms with van der Waals surface area (Å²) in [6.07, 6.45) is 3.48. The van der Waals surface area contributed by atoms with E-state index < -0.39 is 0 Å². The number of aryl methyl sites for hydroxylation is 1. The minimum absolute atomic E-state index is 0.504. The molecule has 2 aromatic carbocycles. The van der Waals surface area contributed by atoms with Crippen molar-refractivity contribution in [3.63, 3.8) is 0 Å². The summed E-state index contributed by atoms with van der Waals surface area (Å²) in [6, 6.07) is 13.0. The number of benzene rings is 2. The maximum absolute atomic E-state index is 6.33. The van der Waals surface area contributed by atoms with Crippen LogP contribution >= 0.6 is 23.2 Å². The Morgan fingerprint density at radius 3 is 2.86 bits per heavy atom. The van der Waals surface area contributed by atoms with Gasteiger partial charge in [-0.05, 0) is 48.6 Å². The normalized spacial score (nSPS) is 17.0. The van der Waals surface area contributed by atoms with Gasteiger partial charge in [0.2, 0.25) is 0 Å². The quantitative estimate of drug-likeness (QED) is 0.768. The highest BCUT2D eigenvalue weighted by molar-refractivity contribution is 6.43. The molecule has 1 atom stereocenters. The monoisotopic (exact) mass is 319 g/mol. The lowest BCUT2D eigenvalue weighted by Crippen LogP contribution is -2.19. The molecule has 1 nitrogen and oxygen atoms in total. The molecule has 2 aromatic rings. The Morgan fingerprint density at radius 2 is 2.05 bits per heavy atom. The van der Waals surface area contributed by atoms with Gasteiger partial charge in [-0.1, -0.05) is 60.5 Å². The maximum atomic E-state index is 6.33.